The van der Waals surface area contributed by atoms with Crippen molar-refractivity contribution in [1.29, 1.82) is 0 Å². The van der Waals surface area contributed by atoms with Gasteiger partial charge in [-0.1, -0.05) is 11.6 Å². The van der Waals surface area contributed by atoms with E-state index in [0.717, 1.165) is 0 Å². The Morgan fingerprint density at radius 2 is 1.89 bits per heavy atom. The van der Waals surface area contributed by atoms with E-state index in [4.69, 9.17) is 16.7 Å². The number of halogens is 1. The van der Waals surface area contributed by atoms with Gasteiger partial charge in [0.05, 0.1) is 5.56 Å². The zero-order chi connectivity index (χ0) is 14.6. The number of benzene rings is 1. The molecule has 0 bridgehead atoms. The molecule has 0 saturated heterocycles. The van der Waals surface area contributed by atoms with Crippen molar-refractivity contribution in [2.45, 2.75) is 32.9 Å². The first kappa shape index (κ1) is 15.3. The Hall–Kier alpha value is -1.75. The molecule has 6 heteroatoms. The van der Waals surface area contributed by atoms with Gasteiger partial charge in [0, 0.05) is 16.8 Å². The number of rotatable bonds is 5. The van der Waals surface area contributed by atoms with Crippen LogP contribution in [0.5, 0.6) is 0 Å². The molecule has 1 unspecified atom stereocenters. The van der Waals surface area contributed by atoms with Gasteiger partial charge in [-0.3, -0.25) is 4.79 Å². The lowest BCUT2D eigenvalue weighted by Crippen LogP contribution is -2.41. The Balaban J connectivity index is 2.87. The zero-order valence-corrected chi connectivity index (χ0v) is 11.8. The van der Waals surface area contributed by atoms with Gasteiger partial charge in [0.25, 0.3) is 0 Å². The molecule has 1 aromatic carbocycles. The van der Waals surface area contributed by atoms with Gasteiger partial charge in [-0.25, -0.2) is 4.79 Å². The standard InChI is InChI=1S/C13H17ClN2O3/c1-7(2)15-12(17)8(3)16-11-5-4-9(14)6-10(11)13(18)19/h4-8,16H,1-3H3,(H,15,17)(H,18,19). The maximum Gasteiger partial charge on any atom is 0.337 e. The first-order chi connectivity index (χ1) is 8.81. The molecule has 5 nitrogen and oxygen atoms in total. The largest absolute Gasteiger partial charge is 0.478 e. The predicted octanol–water partition coefficient (Wildman–Crippen LogP) is 2.36. The number of carboxylic acid groups (broad SMARTS) is 1. The minimum absolute atomic E-state index is 0.0286. The fraction of sp³-hybridized carbons (Fsp3) is 0.385. The summed E-state index contributed by atoms with van der Waals surface area (Å²) in [6, 6.07) is 3.95. The third-order valence-electron chi connectivity index (χ3n) is 2.41. The normalized spacial score (nSPS) is 12.1. The number of carbonyl (C=O) groups excluding carboxylic acids is 1. The second kappa shape index (κ2) is 6.43. The van der Waals surface area contributed by atoms with Crippen LogP contribution in [0.15, 0.2) is 18.2 Å². The highest BCUT2D eigenvalue weighted by molar-refractivity contribution is 6.31. The van der Waals surface area contributed by atoms with E-state index in [-0.39, 0.29) is 17.5 Å². The van der Waals surface area contributed by atoms with Crippen molar-refractivity contribution < 1.29 is 14.7 Å². The Labute approximate surface area is 117 Å². The van der Waals surface area contributed by atoms with Gasteiger partial charge in [-0.05, 0) is 39.0 Å². The van der Waals surface area contributed by atoms with Gasteiger partial charge in [0.1, 0.15) is 6.04 Å². The third-order valence-corrected chi connectivity index (χ3v) is 2.64. The molecule has 0 saturated carbocycles. The fourth-order valence-electron chi connectivity index (χ4n) is 1.53. The van der Waals surface area contributed by atoms with Gasteiger partial charge in [-0.2, -0.15) is 0 Å². The number of aromatic carboxylic acids is 1. The summed E-state index contributed by atoms with van der Waals surface area (Å²) in [5, 5.41) is 15.0. The minimum atomic E-state index is -1.10. The number of nitrogens with one attached hydrogen (secondary N) is 2. The molecule has 3 N–H and O–H groups in total. The van der Waals surface area contributed by atoms with E-state index < -0.39 is 12.0 Å². The minimum Gasteiger partial charge on any atom is -0.478 e. The summed E-state index contributed by atoms with van der Waals surface area (Å²) in [7, 11) is 0. The van der Waals surface area contributed by atoms with Crippen LogP contribution in [0.3, 0.4) is 0 Å². The second-order valence-electron chi connectivity index (χ2n) is 4.52. The van der Waals surface area contributed by atoms with Crippen LogP contribution in [-0.2, 0) is 4.79 Å². The van der Waals surface area contributed by atoms with E-state index in [1.165, 1.54) is 6.07 Å². The van der Waals surface area contributed by atoms with Gasteiger partial charge in [0.2, 0.25) is 5.91 Å². The maximum atomic E-state index is 11.8. The molecule has 0 spiro atoms. The predicted molar refractivity (Wildman–Crippen MR) is 74.8 cm³/mol. The van der Waals surface area contributed by atoms with Gasteiger partial charge < -0.3 is 15.7 Å². The van der Waals surface area contributed by atoms with Gasteiger partial charge in [-0.15, -0.1) is 0 Å². The molecule has 0 heterocycles. The highest BCUT2D eigenvalue weighted by atomic mass is 35.5. The summed E-state index contributed by atoms with van der Waals surface area (Å²) in [5.74, 6) is -1.29. The smallest absolute Gasteiger partial charge is 0.337 e. The number of carboxylic acids is 1. The lowest BCUT2D eigenvalue weighted by atomic mass is 10.1. The number of carbonyl (C=O) groups is 2. The van der Waals surface area contributed by atoms with Crippen molar-refractivity contribution >= 4 is 29.2 Å². The van der Waals surface area contributed by atoms with Crippen LogP contribution >= 0.6 is 11.6 Å². The molecule has 0 aliphatic carbocycles. The van der Waals surface area contributed by atoms with E-state index in [9.17, 15) is 9.59 Å². The van der Waals surface area contributed by atoms with Gasteiger partial charge >= 0.3 is 5.97 Å². The molecular formula is C13H17ClN2O3. The summed E-state index contributed by atoms with van der Waals surface area (Å²) >= 11 is 5.76. The second-order valence-corrected chi connectivity index (χ2v) is 4.96. The van der Waals surface area contributed by atoms with Crippen molar-refractivity contribution in [2.75, 3.05) is 5.32 Å². The number of hydrogen-bond donors (Lipinski definition) is 3. The third kappa shape index (κ3) is 4.44. The van der Waals surface area contributed by atoms with E-state index in [2.05, 4.69) is 10.6 Å². The van der Waals surface area contributed by atoms with Crippen LogP contribution in [-0.4, -0.2) is 29.1 Å². The summed E-state index contributed by atoms with van der Waals surface area (Å²) < 4.78 is 0. The van der Waals surface area contributed by atoms with E-state index in [0.29, 0.717) is 10.7 Å². The molecule has 1 rings (SSSR count). The van der Waals surface area contributed by atoms with E-state index >= 15 is 0 Å². The topological polar surface area (TPSA) is 78.4 Å². The molecule has 19 heavy (non-hydrogen) atoms. The van der Waals surface area contributed by atoms with Crippen LogP contribution in [0.25, 0.3) is 0 Å². The lowest BCUT2D eigenvalue weighted by Gasteiger charge is -2.18. The molecule has 0 aliphatic rings. The van der Waals surface area contributed by atoms with Crippen LogP contribution in [0.4, 0.5) is 5.69 Å². The Kier molecular flexibility index (Phi) is 5.18. The summed E-state index contributed by atoms with van der Waals surface area (Å²) in [5.41, 5.74) is 0.403. The Morgan fingerprint density at radius 3 is 2.42 bits per heavy atom. The maximum absolute atomic E-state index is 11.8. The summed E-state index contributed by atoms with van der Waals surface area (Å²) in [6.07, 6.45) is 0. The van der Waals surface area contributed by atoms with Crippen LogP contribution < -0.4 is 10.6 Å². The average molecular weight is 285 g/mol. The first-order valence-electron chi connectivity index (χ1n) is 5.91. The van der Waals surface area contributed by atoms with E-state index in [1.807, 2.05) is 13.8 Å². The van der Waals surface area contributed by atoms with Crippen LogP contribution in [0.1, 0.15) is 31.1 Å². The lowest BCUT2D eigenvalue weighted by molar-refractivity contribution is -0.122. The van der Waals surface area contributed by atoms with Crippen molar-refractivity contribution in [2.24, 2.45) is 0 Å². The summed E-state index contributed by atoms with van der Waals surface area (Å²) in [6.45, 7) is 5.38. The molecule has 0 aromatic heterocycles. The van der Waals surface area contributed by atoms with Crippen molar-refractivity contribution in [3.63, 3.8) is 0 Å². The molecule has 1 aromatic rings. The molecule has 0 aliphatic heterocycles. The van der Waals surface area contributed by atoms with Crippen molar-refractivity contribution in [3.8, 4) is 0 Å². The molecule has 104 valence electrons. The molecule has 0 fully saturated rings. The van der Waals surface area contributed by atoms with Gasteiger partial charge in [0.15, 0.2) is 0 Å². The van der Waals surface area contributed by atoms with Crippen LogP contribution in [0.2, 0.25) is 5.02 Å². The molecule has 0 radical (unpaired) electrons. The van der Waals surface area contributed by atoms with Crippen molar-refractivity contribution in [1.82, 2.24) is 5.32 Å². The highest BCUT2D eigenvalue weighted by Crippen LogP contribution is 2.21. The quantitative estimate of drug-likeness (QED) is 0.775. The number of amides is 1. The average Bonchev–Trinajstić information content (AvgIpc) is 2.30. The highest BCUT2D eigenvalue weighted by Gasteiger charge is 2.17. The zero-order valence-electron chi connectivity index (χ0n) is 11.0. The Morgan fingerprint density at radius 1 is 1.26 bits per heavy atom. The van der Waals surface area contributed by atoms with E-state index in [1.54, 1.807) is 19.1 Å². The number of anilines is 1. The molecule has 1 atom stereocenters. The fourth-order valence-corrected chi connectivity index (χ4v) is 1.70. The SMILES string of the molecule is CC(C)NC(=O)C(C)Nc1ccc(Cl)cc1C(=O)O. The Bertz CT molecular complexity index is 489. The molecule has 1 amide bonds. The first-order valence-corrected chi connectivity index (χ1v) is 6.28. The van der Waals surface area contributed by atoms with Crippen LogP contribution in [0, 0.1) is 0 Å². The number of hydrogen-bond acceptors (Lipinski definition) is 3. The molecular weight excluding hydrogens is 268 g/mol. The monoisotopic (exact) mass is 284 g/mol. The van der Waals surface area contributed by atoms with Crippen molar-refractivity contribution in [3.05, 3.63) is 28.8 Å². The summed E-state index contributed by atoms with van der Waals surface area (Å²) in [4.78, 5) is 22.9.